The number of amides is 1. The Kier molecular flexibility index (Phi) is 54.0. The summed E-state index contributed by atoms with van der Waals surface area (Å²) >= 11 is 0. The molecule has 0 aromatic rings. The smallest absolute Gasteiger partial charge is 0.220 e. The summed E-state index contributed by atoms with van der Waals surface area (Å²) in [5, 5.41) is 248. The van der Waals surface area contributed by atoms with E-state index in [-0.39, 0.29) is 94.5 Å². The number of hydrogen-bond acceptors (Lipinski definition) is 39. The molecule has 8 rings (SSSR count). The molecule has 8 fully saturated rings. The van der Waals surface area contributed by atoms with Gasteiger partial charge in [-0.3, -0.25) is 4.79 Å². The zero-order chi connectivity index (χ0) is 90.6. The molecule has 0 saturated carbocycles. The number of nitrogens with one attached hydrogen (secondary N) is 3. The molecular weight excluding hydrogens is 2100 g/mol. The first kappa shape index (κ1) is 115. The fraction of sp³-hybridized carbons (Fsp3) is 0.963. The third kappa shape index (κ3) is 32.3. The van der Waals surface area contributed by atoms with Crippen molar-refractivity contribution in [3.05, 3.63) is 23.6 Å². The summed E-state index contributed by atoms with van der Waals surface area (Å²) in [5.74, 6) is -0.399. The van der Waals surface area contributed by atoms with Crippen molar-refractivity contribution >= 4 is 5.91 Å². The number of hydrogen-bond donors (Lipinski definition) is 23. The molecule has 8 aliphatic rings. The maximum absolute atomic E-state index is 13.7. The van der Waals surface area contributed by atoms with Crippen LogP contribution in [0.1, 0.15) is 195 Å². The molecule has 126 heavy (non-hydrogen) atoms. The summed E-state index contributed by atoms with van der Waals surface area (Å²) in [6.07, 6.45) is -45.2. The number of carbonyl (C=O) groups excluding carboxylic acids is 1. The molecule has 8 saturated heterocycles. The van der Waals surface area contributed by atoms with Crippen molar-refractivity contribution in [3.8, 4) is 0 Å². The molecule has 1 amide bonds. The van der Waals surface area contributed by atoms with E-state index in [1.54, 1.807) is 6.08 Å². The van der Waals surface area contributed by atoms with Crippen molar-refractivity contribution in [2.24, 2.45) is 0 Å². The second kappa shape index (κ2) is 59.0. The Hall–Kier alpha value is 0.493. The van der Waals surface area contributed by atoms with Crippen LogP contribution in [0.15, 0.2) is 12.2 Å². The molecule has 0 aliphatic carbocycles. The van der Waals surface area contributed by atoms with Gasteiger partial charge in [0.1, 0.15) is 171 Å². The van der Waals surface area contributed by atoms with Gasteiger partial charge in [-0.25, -0.2) is 0 Å². The summed E-state index contributed by atoms with van der Waals surface area (Å²) in [6.45, 7) is 0.163. The second-order valence-electron chi connectivity index (χ2n) is 34.2. The average molecular weight is 2250 g/mol. The van der Waals surface area contributed by atoms with Gasteiger partial charge in [-0.15, -0.1) is 0 Å². The van der Waals surface area contributed by atoms with Gasteiger partial charge in [-0.1, -0.05) is 179 Å². The van der Waals surface area contributed by atoms with Gasteiger partial charge in [0.2, 0.25) is 5.91 Å². The first-order valence-corrected chi connectivity index (χ1v) is 44.8. The van der Waals surface area contributed by atoms with Crippen LogP contribution in [-0.4, -0.2) is 422 Å². The predicted molar refractivity (Wildman–Crippen MR) is 428 cm³/mol. The molecule has 8 heterocycles. The molecule has 42 atom stereocenters. The summed E-state index contributed by atoms with van der Waals surface area (Å²) in [4.78, 5) is 13.7. The Labute approximate surface area is 807 Å². The number of carbonyl (C=O) groups is 1. The molecule has 27 unspecified atom stereocenters. The molecule has 8 aliphatic heterocycles. The molecule has 0 aromatic heterocycles. The molecule has 42 nitrogen and oxygen atoms in total. The van der Waals surface area contributed by atoms with Crippen LogP contribution >= 0.6 is 0 Å². The van der Waals surface area contributed by atoms with Crippen molar-refractivity contribution < 1.29 is 281 Å². The maximum Gasteiger partial charge on any atom is 0.220 e. The number of ether oxygens (including phenoxy) is 16. The molecule has 44 heteroatoms. The minimum atomic E-state index is -2.43. The Morgan fingerprint density at radius 2 is 0.659 bits per heavy atom. The molecule has 732 valence electrons. The predicted octanol–water partition coefficient (Wildman–Crippen LogP) is -3.67. The van der Waals surface area contributed by atoms with Crippen LogP contribution in [-0.2, 0) is 80.6 Å². The van der Waals surface area contributed by atoms with Crippen molar-refractivity contribution in [3.63, 3.8) is 0 Å². The van der Waals surface area contributed by atoms with Crippen LogP contribution in [0.4, 0.5) is 0 Å². The van der Waals surface area contributed by atoms with Crippen LogP contribution in [0.25, 0.3) is 11.5 Å². The molecule has 0 aromatic carbocycles. The third-order valence-corrected chi connectivity index (χ3v) is 24.6. The van der Waals surface area contributed by atoms with E-state index in [9.17, 15) is 129 Å². The van der Waals surface area contributed by atoms with E-state index < -0.39 is 310 Å². The minimum absolute atomic E-state index is 0. The van der Waals surface area contributed by atoms with Gasteiger partial charge in [0, 0.05) is 94.5 Å². The van der Waals surface area contributed by atoms with Gasteiger partial charge in [-0.05, 0) is 33.1 Å². The first-order valence-electron chi connectivity index (χ1n) is 44.8. The molecule has 2 radical (unpaired) electrons. The zero-order valence-electron chi connectivity index (χ0n) is 72.7. The first-order chi connectivity index (χ1) is 59.4. The topological polar surface area (TPSA) is 669 Å². The van der Waals surface area contributed by atoms with Gasteiger partial charge in [0.05, 0.1) is 82.8 Å². The summed E-state index contributed by atoms with van der Waals surface area (Å²) in [7, 11) is 0. The van der Waals surface area contributed by atoms with E-state index in [0.29, 0.717) is 12.8 Å². The van der Waals surface area contributed by atoms with Crippen LogP contribution in [0.5, 0.6) is 0 Å². The Morgan fingerprint density at radius 3 is 1.10 bits per heavy atom. The summed E-state index contributed by atoms with van der Waals surface area (Å²) < 4.78 is 96.3. The van der Waals surface area contributed by atoms with Crippen LogP contribution < -0.4 is 5.32 Å². The largest absolute Gasteiger partial charge is 0.668 e. The van der Waals surface area contributed by atoms with Gasteiger partial charge < -0.3 is 205 Å². The number of aliphatic hydroxyl groups excluding tert-OH is 22. The molecule has 0 bridgehead atoms. The van der Waals surface area contributed by atoms with Crippen molar-refractivity contribution in [2.75, 3.05) is 46.2 Å². The standard InChI is InChI=1S/C82H147N3O39.2Ac/c1-5-7-9-11-13-15-17-19-21-23-25-27-29-31-43(91)42(85-50(92)32-30-28-26-24-22-20-18-16-14-12-10-8-6-2)38-109-77-67(107)62(102)69(46(35-88)117-77)119-82-68(108)74(124-76-52(84)73(123-81-66(106)61(101)56(96)45(34-87)114-81)71(48(37-90)116-76)120-78-63(103)58(98)53(93)40(3)111-78)57(97)49(118-82)39-110-75-51(83)72(122-79-64(104)59(99)54(94)41(4)112-79)70(47(36-89)115-75)121-80-65(105)60(100)55(95)44(33-86)113-80;;/h29,31,40-49,51-84,86-91,93-108H,5-28,30,32-39H2,1-4H3,(H,85,92);;/q-2;;/b31-29+;;/t40?,41?,42?,43?,44?,45?,46?,47?,48?,49?,51?,52?,53-,54+,55-,56-,57-,58?,59?,60?,61?,62?,63?,64?,65?,66?,67?,68?,69-,70-,71-,72?,73?,74?,75+,76-,77+,78-,79?,80-,81-,82-;;/m0../s1. The maximum atomic E-state index is 13.7. The Morgan fingerprint density at radius 1 is 0.333 bits per heavy atom. The van der Waals surface area contributed by atoms with Crippen molar-refractivity contribution in [1.82, 2.24) is 5.32 Å². The van der Waals surface area contributed by atoms with Crippen molar-refractivity contribution in [1.29, 1.82) is 0 Å². The van der Waals surface area contributed by atoms with Gasteiger partial charge in [0.25, 0.3) is 0 Å². The number of rotatable bonds is 52. The molecule has 0 spiro atoms. The number of allylic oxidation sites excluding steroid dienone is 1. The Balaban J connectivity index is 0.0000123. The van der Waals surface area contributed by atoms with E-state index in [1.165, 1.54) is 103 Å². The van der Waals surface area contributed by atoms with Crippen LogP contribution in [0, 0.1) is 88.1 Å². The molecular formula is C82H147Ac2N3O39-2. The third-order valence-electron chi connectivity index (χ3n) is 24.6. The SMILES string of the molecule is CCCCCCCCCCCCC/C=C/C(O)C(CO[C@@H]1OC(CO)[C@H](O[C@@H]2OC(CO[C@@H]3OC(CO)[C@H](O[C@@H]4OC(CO)[C@H](O)C(O)C4O)C(OC4OC(C)[C@@H](O)C(O)C4O)C3[NH-])[C@H](O)C(O[C@@H]3OC(CO)[C@H](O[C@@H]4OC(C)[C@H](O)C(O)C4O)C(O[C@@H]4OC(CO)[C@H](O)C(O)C4O)C3[NH-])C2O)C(O)C1O)NC(=O)CCCCCCCCCCCCCCC.[Ac].[Ac]. The number of unbranched alkanes of at least 4 members (excludes halogenated alkanes) is 23. The molecule has 25 N–H and O–H groups in total. The minimum Gasteiger partial charge on any atom is -0.668 e. The second-order valence-corrected chi connectivity index (χ2v) is 34.2. The zero-order valence-corrected chi connectivity index (χ0v) is 82.2. The quantitative estimate of drug-likeness (QED) is 0.0206. The fourth-order valence-electron chi connectivity index (χ4n) is 16.7. The average Bonchev–Trinajstić information content (AvgIpc) is 0.781. The van der Waals surface area contributed by atoms with Gasteiger partial charge in [0.15, 0.2) is 37.7 Å². The van der Waals surface area contributed by atoms with E-state index in [0.717, 1.165) is 64.2 Å². The van der Waals surface area contributed by atoms with Gasteiger partial charge >= 0.3 is 0 Å². The van der Waals surface area contributed by atoms with Crippen molar-refractivity contribution in [2.45, 2.75) is 452 Å². The normalized spacial score (nSPS) is 41.7. The summed E-state index contributed by atoms with van der Waals surface area (Å²) in [5.41, 5.74) is 19.4. The Bertz CT molecular complexity index is 2950. The van der Waals surface area contributed by atoms with Gasteiger partial charge in [-0.2, -0.15) is 0 Å². The van der Waals surface area contributed by atoms with E-state index in [1.807, 2.05) is 0 Å². The number of aliphatic hydroxyl groups is 22. The van der Waals surface area contributed by atoms with Crippen LogP contribution in [0.2, 0.25) is 0 Å². The monoisotopic (exact) mass is 2250 g/mol. The summed E-state index contributed by atoms with van der Waals surface area (Å²) in [6, 6.07) is -5.41. The van der Waals surface area contributed by atoms with E-state index in [4.69, 9.17) is 75.8 Å². The van der Waals surface area contributed by atoms with Crippen LogP contribution in [0.3, 0.4) is 0 Å². The van der Waals surface area contributed by atoms with E-state index >= 15 is 0 Å². The fourth-order valence-corrected chi connectivity index (χ4v) is 16.7. The van der Waals surface area contributed by atoms with E-state index in [2.05, 4.69) is 19.2 Å².